The van der Waals surface area contributed by atoms with Gasteiger partial charge in [-0.25, -0.2) is 4.98 Å². The van der Waals surface area contributed by atoms with Gasteiger partial charge in [-0.2, -0.15) is 0 Å². The van der Waals surface area contributed by atoms with Gasteiger partial charge in [0.05, 0.1) is 6.26 Å². The molecule has 6 nitrogen and oxygen atoms in total. The topological polar surface area (TPSA) is 75.4 Å². The Morgan fingerprint density at radius 2 is 2.25 bits per heavy atom. The van der Waals surface area contributed by atoms with Crippen molar-refractivity contribution >= 4 is 29.3 Å². The Morgan fingerprint density at radius 3 is 3.07 bits per heavy atom. The molecule has 2 atom stereocenters. The van der Waals surface area contributed by atoms with Crippen LogP contribution in [-0.4, -0.2) is 34.8 Å². The predicted octanol–water partition coefficient (Wildman–Crippen LogP) is 3.13. The van der Waals surface area contributed by atoms with Crippen LogP contribution in [0.1, 0.15) is 29.7 Å². The number of fused-ring (bicyclic) bond motifs is 2. The molecule has 0 radical (unpaired) electrons. The Labute approximate surface area is 162 Å². The summed E-state index contributed by atoms with van der Waals surface area (Å²) in [4.78, 5) is 30.3. The van der Waals surface area contributed by atoms with E-state index in [2.05, 4.69) is 16.4 Å². The molecule has 3 aliphatic rings. The third-order valence-electron chi connectivity index (χ3n) is 5.82. The van der Waals surface area contributed by atoms with Gasteiger partial charge in [0.2, 0.25) is 11.8 Å². The molecule has 2 aliphatic heterocycles. The van der Waals surface area contributed by atoms with Gasteiger partial charge in [-0.1, -0.05) is 6.08 Å². The Balaban J connectivity index is 1.23. The van der Waals surface area contributed by atoms with Crippen molar-refractivity contribution in [3.63, 3.8) is 0 Å². The number of aromatic nitrogens is 1. The number of rotatable bonds is 3. The highest BCUT2D eigenvalue weighted by atomic mass is 16.3. The van der Waals surface area contributed by atoms with E-state index in [4.69, 9.17) is 4.42 Å². The van der Waals surface area contributed by atoms with Gasteiger partial charge in [0.15, 0.2) is 0 Å². The summed E-state index contributed by atoms with van der Waals surface area (Å²) in [6, 6.07) is 5.90. The maximum atomic E-state index is 12.6. The monoisotopic (exact) mass is 375 g/mol. The van der Waals surface area contributed by atoms with E-state index in [1.807, 2.05) is 29.2 Å². The zero-order valence-electron chi connectivity index (χ0n) is 15.4. The summed E-state index contributed by atoms with van der Waals surface area (Å²) in [6.45, 7) is 1.54. The third kappa shape index (κ3) is 3.15. The molecule has 1 saturated heterocycles. The van der Waals surface area contributed by atoms with Crippen LogP contribution in [-0.2, 0) is 16.0 Å². The summed E-state index contributed by atoms with van der Waals surface area (Å²) in [7, 11) is 0. The van der Waals surface area contributed by atoms with Crippen LogP contribution in [0.15, 0.2) is 47.2 Å². The highest BCUT2D eigenvalue weighted by molar-refractivity contribution is 5.94. The van der Waals surface area contributed by atoms with Crippen LogP contribution in [0.2, 0.25) is 0 Å². The molecule has 2 aromatic rings. The maximum Gasteiger partial charge on any atom is 0.246 e. The van der Waals surface area contributed by atoms with Gasteiger partial charge in [-0.05, 0) is 65.7 Å². The average molecular weight is 375 g/mol. The smallest absolute Gasteiger partial charge is 0.246 e. The standard InChI is InChI=1S/C22H21N3O3/c26-20-5-4-15-8-14(11-23-22(15)24-20)3-6-21(27)25-12-17-9-16(10-18(17)13-25)19-2-1-7-28-19/h1-3,6-9,11,17-18H,4-5,10,12-13H2,(H,23,24,26)/b6-3+. The number of carbonyl (C=O) groups is 2. The average Bonchev–Trinajstić information content (AvgIpc) is 3.41. The summed E-state index contributed by atoms with van der Waals surface area (Å²) in [5, 5.41) is 2.77. The molecular formula is C22H21N3O3. The van der Waals surface area contributed by atoms with E-state index in [0.717, 1.165) is 36.4 Å². The molecular weight excluding hydrogens is 354 g/mol. The van der Waals surface area contributed by atoms with Gasteiger partial charge in [-0.3, -0.25) is 9.59 Å². The second-order valence-electron chi connectivity index (χ2n) is 7.70. The van der Waals surface area contributed by atoms with Crippen LogP contribution in [0.25, 0.3) is 11.6 Å². The number of furan rings is 1. The minimum Gasteiger partial charge on any atom is -0.465 e. The highest BCUT2D eigenvalue weighted by Gasteiger charge is 2.38. The second kappa shape index (κ2) is 6.78. The van der Waals surface area contributed by atoms with Crippen molar-refractivity contribution in [2.75, 3.05) is 18.4 Å². The fourth-order valence-electron chi connectivity index (χ4n) is 4.37. The Hall–Kier alpha value is -3.15. The minimum atomic E-state index is 0.00214. The van der Waals surface area contributed by atoms with E-state index in [1.54, 1.807) is 18.5 Å². The number of hydrogen-bond acceptors (Lipinski definition) is 4. The zero-order valence-corrected chi connectivity index (χ0v) is 15.4. The van der Waals surface area contributed by atoms with Crippen LogP contribution in [0.4, 0.5) is 5.82 Å². The molecule has 0 saturated carbocycles. The third-order valence-corrected chi connectivity index (χ3v) is 5.82. The summed E-state index contributed by atoms with van der Waals surface area (Å²) in [5.74, 6) is 2.50. The predicted molar refractivity (Wildman–Crippen MR) is 105 cm³/mol. The molecule has 2 amide bonds. The number of pyridine rings is 1. The molecule has 5 rings (SSSR count). The SMILES string of the molecule is O=C1CCc2cc(/C=C/C(=O)N3CC4C=C(c5ccco5)CC4C3)cnc2N1. The molecule has 4 heterocycles. The Morgan fingerprint density at radius 1 is 1.32 bits per heavy atom. The summed E-state index contributed by atoms with van der Waals surface area (Å²) < 4.78 is 5.50. The fraction of sp³-hybridized carbons (Fsp3) is 0.318. The van der Waals surface area contributed by atoms with Crippen molar-refractivity contribution in [2.24, 2.45) is 11.8 Å². The van der Waals surface area contributed by atoms with Gasteiger partial charge >= 0.3 is 0 Å². The van der Waals surface area contributed by atoms with Crippen molar-refractivity contribution < 1.29 is 14.0 Å². The molecule has 2 unspecified atom stereocenters. The molecule has 1 aliphatic carbocycles. The quantitative estimate of drug-likeness (QED) is 0.837. The van der Waals surface area contributed by atoms with Crippen LogP contribution in [0.5, 0.6) is 0 Å². The van der Waals surface area contributed by atoms with E-state index in [0.29, 0.717) is 30.5 Å². The molecule has 0 spiro atoms. The van der Waals surface area contributed by atoms with E-state index in [9.17, 15) is 9.59 Å². The van der Waals surface area contributed by atoms with E-state index < -0.39 is 0 Å². The van der Waals surface area contributed by atoms with Crippen LogP contribution >= 0.6 is 0 Å². The van der Waals surface area contributed by atoms with Crippen molar-refractivity contribution in [2.45, 2.75) is 19.3 Å². The summed E-state index contributed by atoms with van der Waals surface area (Å²) in [6.07, 6.45) is 11.2. The van der Waals surface area contributed by atoms with Gasteiger partial charge in [0, 0.05) is 31.8 Å². The van der Waals surface area contributed by atoms with Crippen LogP contribution in [0, 0.1) is 11.8 Å². The van der Waals surface area contributed by atoms with Gasteiger partial charge in [0.25, 0.3) is 0 Å². The lowest BCUT2D eigenvalue weighted by Gasteiger charge is -2.16. The largest absolute Gasteiger partial charge is 0.465 e. The molecule has 6 heteroatoms. The van der Waals surface area contributed by atoms with E-state index in [-0.39, 0.29) is 11.8 Å². The summed E-state index contributed by atoms with van der Waals surface area (Å²) >= 11 is 0. The summed E-state index contributed by atoms with van der Waals surface area (Å²) in [5.41, 5.74) is 3.15. The minimum absolute atomic E-state index is 0.00214. The number of aryl methyl sites for hydroxylation is 1. The number of likely N-dealkylation sites (tertiary alicyclic amines) is 1. The first kappa shape index (κ1) is 17.0. The number of carbonyl (C=O) groups excluding carboxylic acids is 2. The normalized spacial score (nSPS) is 23.5. The van der Waals surface area contributed by atoms with Crippen LogP contribution in [0.3, 0.4) is 0 Å². The lowest BCUT2D eigenvalue weighted by Crippen LogP contribution is -2.27. The number of hydrogen-bond donors (Lipinski definition) is 1. The first-order valence-corrected chi connectivity index (χ1v) is 9.66. The molecule has 28 heavy (non-hydrogen) atoms. The second-order valence-corrected chi connectivity index (χ2v) is 7.70. The van der Waals surface area contributed by atoms with Crippen molar-refractivity contribution in [1.82, 2.24) is 9.88 Å². The molecule has 1 N–H and O–H groups in total. The van der Waals surface area contributed by atoms with Gasteiger partial charge < -0.3 is 14.6 Å². The lowest BCUT2D eigenvalue weighted by molar-refractivity contribution is -0.125. The molecule has 2 aromatic heterocycles. The first-order chi connectivity index (χ1) is 13.7. The van der Waals surface area contributed by atoms with E-state index in [1.165, 1.54) is 5.57 Å². The lowest BCUT2D eigenvalue weighted by atomic mass is 9.99. The number of allylic oxidation sites excluding steroid dienone is 1. The van der Waals surface area contributed by atoms with Gasteiger partial charge in [-0.15, -0.1) is 0 Å². The fourth-order valence-corrected chi connectivity index (χ4v) is 4.37. The Kier molecular flexibility index (Phi) is 4.11. The molecule has 0 bridgehead atoms. The van der Waals surface area contributed by atoms with Crippen molar-refractivity contribution in [1.29, 1.82) is 0 Å². The highest BCUT2D eigenvalue weighted by Crippen LogP contribution is 2.41. The zero-order chi connectivity index (χ0) is 19.1. The maximum absolute atomic E-state index is 12.6. The first-order valence-electron chi connectivity index (χ1n) is 9.66. The van der Waals surface area contributed by atoms with E-state index >= 15 is 0 Å². The number of nitrogens with one attached hydrogen (secondary N) is 1. The Bertz CT molecular complexity index is 990. The van der Waals surface area contributed by atoms with Crippen molar-refractivity contribution in [3.8, 4) is 0 Å². The molecule has 0 aromatic carbocycles. The number of amides is 2. The molecule has 1 fully saturated rings. The van der Waals surface area contributed by atoms with Gasteiger partial charge in [0.1, 0.15) is 11.6 Å². The molecule has 142 valence electrons. The number of anilines is 1. The van der Waals surface area contributed by atoms with Crippen molar-refractivity contribution in [3.05, 3.63) is 59.7 Å². The van der Waals surface area contributed by atoms with Crippen LogP contribution < -0.4 is 5.32 Å². The number of nitrogens with zero attached hydrogens (tertiary/aromatic N) is 2.